The van der Waals surface area contributed by atoms with E-state index in [1.54, 1.807) is 5.73 Å². The van der Waals surface area contributed by atoms with E-state index in [0.717, 1.165) is 0 Å². The lowest BCUT2D eigenvalue weighted by atomic mass is 9.87. The van der Waals surface area contributed by atoms with Gasteiger partial charge in [-0.2, -0.15) is 13.2 Å². The third kappa shape index (κ3) is 3.39. The Bertz CT molecular complexity index is 441. The van der Waals surface area contributed by atoms with Crippen molar-refractivity contribution in [2.24, 2.45) is 5.41 Å². The second-order valence-electron chi connectivity index (χ2n) is 3.15. The molecule has 0 aliphatic carbocycles. The number of hydrogen-bond donors (Lipinski definition) is 0. The SMILES string of the molecule is C#CCOC(=O)C(C=C=C)(C(=O)OCC)C(F)(F)F. The van der Waals surface area contributed by atoms with Gasteiger partial charge >= 0.3 is 18.1 Å². The number of halogens is 3. The lowest BCUT2D eigenvalue weighted by Gasteiger charge is -2.27. The van der Waals surface area contributed by atoms with Gasteiger partial charge in [0, 0.05) is 0 Å². The van der Waals surface area contributed by atoms with Crippen LogP contribution in [-0.2, 0) is 19.1 Å². The van der Waals surface area contributed by atoms with Gasteiger partial charge in [0.2, 0.25) is 0 Å². The standard InChI is InChI=1S/C12H11F3O4/c1-4-7-11(12(13,14)15,9(16)18-6-3)10(17)19-8-5-2/h2,7H,1,6,8H2,3H3. The molecule has 0 rings (SSSR count). The van der Waals surface area contributed by atoms with Crippen LogP contribution in [-0.4, -0.2) is 31.3 Å². The van der Waals surface area contributed by atoms with E-state index in [1.807, 2.05) is 5.92 Å². The first-order valence-corrected chi connectivity index (χ1v) is 4.99. The Morgan fingerprint density at radius 2 is 1.84 bits per heavy atom. The monoisotopic (exact) mass is 276 g/mol. The summed E-state index contributed by atoms with van der Waals surface area (Å²) in [6, 6.07) is 0. The molecule has 4 nitrogen and oxygen atoms in total. The molecule has 0 saturated carbocycles. The molecule has 19 heavy (non-hydrogen) atoms. The highest BCUT2D eigenvalue weighted by molar-refractivity contribution is 6.03. The van der Waals surface area contributed by atoms with Crippen LogP contribution in [0.25, 0.3) is 0 Å². The minimum absolute atomic E-state index is 0.157. The van der Waals surface area contributed by atoms with Crippen molar-refractivity contribution < 1.29 is 32.2 Å². The molecular weight excluding hydrogens is 265 g/mol. The normalized spacial score (nSPS) is 13.4. The minimum Gasteiger partial charge on any atom is -0.465 e. The predicted molar refractivity (Wildman–Crippen MR) is 58.6 cm³/mol. The largest absolute Gasteiger partial charge is 0.465 e. The van der Waals surface area contributed by atoms with Crippen LogP contribution in [0.15, 0.2) is 18.4 Å². The molecule has 0 aromatic carbocycles. The molecule has 104 valence electrons. The molecule has 1 atom stereocenters. The highest BCUT2D eigenvalue weighted by Gasteiger charge is 2.67. The lowest BCUT2D eigenvalue weighted by molar-refractivity contribution is -0.228. The van der Waals surface area contributed by atoms with Crippen LogP contribution in [0.2, 0.25) is 0 Å². The van der Waals surface area contributed by atoms with Crippen LogP contribution in [0.5, 0.6) is 0 Å². The van der Waals surface area contributed by atoms with Crippen LogP contribution in [0, 0.1) is 17.8 Å². The summed E-state index contributed by atoms with van der Waals surface area (Å²) in [4.78, 5) is 23.1. The molecule has 0 saturated heterocycles. The Labute approximate surface area is 107 Å². The maximum absolute atomic E-state index is 13.1. The van der Waals surface area contributed by atoms with Crippen LogP contribution in [0.4, 0.5) is 13.2 Å². The smallest absolute Gasteiger partial charge is 0.419 e. The van der Waals surface area contributed by atoms with E-state index < -0.39 is 30.1 Å². The summed E-state index contributed by atoms with van der Waals surface area (Å²) < 4.78 is 47.7. The molecule has 0 amide bonds. The van der Waals surface area contributed by atoms with Crippen LogP contribution < -0.4 is 0 Å². The van der Waals surface area contributed by atoms with Crippen molar-refractivity contribution in [3.63, 3.8) is 0 Å². The van der Waals surface area contributed by atoms with Gasteiger partial charge in [-0.3, -0.25) is 9.59 Å². The average molecular weight is 276 g/mol. The highest BCUT2D eigenvalue weighted by Crippen LogP contribution is 2.42. The summed E-state index contributed by atoms with van der Waals surface area (Å²) in [5.41, 5.74) is -1.85. The first kappa shape index (κ1) is 16.8. The number of esters is 2. The van der Waals surface area contributed by atoms with Gasteiger partial charge in [0.05, 0.1) is 6.61 Å². The Hall–Kier alpha value is -2.19. The molecule has 0 aliphatic heterocycles. The molecule has 0 N–H and O–H groups in total. The zero-order valence-electron chi connectivity index (χ0n) is 10.0. The maximum Gasteiger partial charge on any atom is 0.419 e. The quantitative estimate of drug-likeness (QED) is 0.331. The molecular formula is C12H11F3O4. The Kier molecular flexibility index (Phi) is 5.90. The Balaban J connectivity index is 5.80. The van der Waals surface area contributed by atoms with E-state index in [9.17, 15) is 22.8 Å². The summed E-state index contributed by atoms with van der Waals surface area (Å²) in [5.74, 6) is -1.88. The molecule has 0 spiro atoms. The summed E-state index contributed by atoms with van der Waals surface area (Å²) in [6.45, 7) is 3.17. The van der Waals surface area contributed by atoms with E-state index in [1.165, 1.54) is 6.92 Å². The first-order valence-electron chi connectivity index (χ1n) is 4.99. The van der Waals surface area contributed by atoms with E-state index >= 15 is 0 Å². The van der Waals surface area contributed by atoms with Crippen LogP contribution >= 0.6 is 0 Å². The van der Waals surface area contributed by atoms with Crippen molar-refractivity contribution in [2.45, 2.75) is 13.1 Å². The highest BCUT2D eigenvalue weighted by atomic mass is 19.4. The molecule has 0 bridgehead atoms. The van der Waals surface area contributed by atoms with Gasteiger partial charge in [-0.05, 0) is 13.0 Å². The van der Waals surface area contributed by atoms with Gasteiger partial charge in [0.25, 0.3) is 5.41 Å². The van der Waals surface area contributed by atoms with Crippen molar-refractivity contribution >= 4 is 11.9 Å². The van der Waals surface area contributed by atoms with Gasteiger partial charge in [-0.1, -0.05) is 12.5 Å². The average Bonchev–Trinajstić information content (AvgIpc) is 2.31. The van der Waals surface area contributed by atoms with E-state index in [4.69, 9.17) is 6.42 Å². The molecule has 0 aromatic heterocycles. The molecule has 0 fully saturated rings. The summed E-state index contributed by atoms with van der Waals surface area (Å²) in [7, 11) is 0. The lowest BCUT2D eigenvalue weighted by Crippen LogP contribution is -2.51. The second kappa shape index (κ2) is 6.66. The van der Waals surface area contributed by atoms with Crippen molar-refractivity contribution in [1.29, 1.82) is 0 Å². The van der Waals surface area contributed by atoms with E-state index in [-0.39, 0.29) is 12.7 Å². The third-order valence-corrected chi connectivity index (χ3v) is 1.97. The fourth-order valence-corrected chi connectivity index (χ4v) is 1.13. The summed E-state index contributed by atoms with van der Waals surface area (Å²) >= 11 is 0. The Morgan fingerprint density at radius 3 is 2.21 bits per heavy atom. The number of rotatable bonds is 5. The Morgan fingerprint density at radius 1 is 1.32 bits per heavy atom. The van der Waals surface area contributed by atoms with Gasteiger partial charge in [-0.25, -0.2) is 0 Å². The van der Waals surface area contributed by atoms with E-state index in [2.05, 4.69) is 16.1 Å². The number of ether oxygens (including phenoxy) is 2. The zero-order chi connectivity index (χ0) is 15.1. The number of carbonyl (C=O) groups excluding carboxylic acids is 2. The predicted octanol–water partition coefficient (Wildman–Crippen LogP) is 1.62. The fraction of sp³-hybridized carbons (Fsp3) is 0.417. The van der Waals surface area contributed by atoms with Crippen molar-refractivity contribution in [3.8, 4) is 12.3 Å². The first-order chi connectivity index (χ1) is 8.77. The fourth-order valence-electron chi connectivity index (χ4n) is 1.13. The summed E-state index contributed by atoms with van der Waals surface area (Å²) in [5, 5.41) is 0. The molecule has 7 heteroatoms. The number of hydrogen-bond acceptors (Lipinski definition) is 4. The maximum atomic E-state index is 13.1. The molecule has 0 aromatic rings. The summed E-state index contributed by atoms with van der Waals surface area (Å²) in [6.07, 6.45) is -0.337. The minimum atomic E-state index is -5.27. The molecule has 1 unspecified atom stereocenters. The van der Waals surface area contributed by atoms with Gasteiger partial charge in [0.1, 0.15) is 0 Å². The third-order valence-electron chi connectivity index (χ3n) is 1.97. The number of terminal acetylenes is 1. The van der Waals surface area contributed by atoms with Gasteiger partial charge < -0.3 is 9.47 Å². The van der Waals surface area contributed by atoms with Crippen molar-refractivity contribution in [3.05, 3.63) is 18.4 Å². The number of alkyl halides is 3. The van der Waals surface area contributed by atoms with Crippen LogP contribution in [0.3, 0.4) is 0 Å². The van der Waals surface area contributed by atoms with E-state index in [0.29, 0.717) is 0 Å². The number of carbonyl (C=O) groups is 2. The van der Waals surface area contributed by atoms with Crippen LogP contribution in [0.1, 0.15) is 6.92 Å². The molecule has 0 aliphatic rings. The second-order valence-corrected chi connectivity index (χ2v) is 3.15. The van der Waals surface area contributed by atoms with Gasteiger partial charge in [-0.15, -0.1) is 12.2 Å². The molecule has 0 heterocycles. The molecule has 0 radical (unpaired) electrons. The zero-order valence-corrected chi connectivity index (χ0v) is 10.0. The van der Waals surface area contributed by atoms with Gasteiger partial charge in [0.15, 0.2) is 6.61 Å². The van der Waals surface area contributed by atoms with Crippen molar-refractivity contribution in [2.75, 3.05) is 13.2 Å². The van der Waals surface area contributed by atoms with Crippen molar-refractivity contribution in [1.82, 2.24) is 0 Å². The topological polar surface area (TPSA) is 52.6 Å².